The molecule has 0 aliphatic rings. The minimum Gasteiger partial charge on any atom is -0.387 e. The number of phosphoric ester groups is 1. The summed E-state index contributed by atoms with van der Waals surface area (Å²) in [7, 11) is 1.55. The molecule has 3 N–H and O–H groups in total. The topological polar surface area (TPSA) is 105 Å². The van der Waals surface area contributed by atoms with Crippen molar-refractivity contribution < 1.29 is 32.9 Å². The zero-order valence-corrected chi connectivity index (χ0v) is 48.5. The summed E-state index contributed by atoms with van der Waals surface area (Å²) in [6.07, 6.45) is 75.8. The molecule has 1 amide bonds. The average molecular weight is 1030 g/mol. The van der Waals surface area contributed by atoms with E-state index in [1.165, 1.54) is 167 Å². The van der Waals surface area contributed by atoms with Gasteiger partial charge >= 0.3 is 7.82 Å². The summed E-state index contributed by atoms with van der Waals surface area (Å²) in [5.41, 5.74) is 0. The number of aliphatic hydroxyl groups is 1. The van der Waals surface area contributed by atoms with E-state index in [9.17, 15) is 19.4 Å². The number of allylic oxidation sites excluding steroid dienone is 13. The average Bonchev–Trinajstić information content (AvgIpc) is 3.34. The number of carbonyl (C=O) groups excluding carboxylic acids is 1. The molecule has 0 aromatic rings. The van der Waals surface area contributed by atoms with Crippen molar-refractivity contribution in [2.45, 2.75) is 270 Å². The number of nitrogens with one attached hydrogen (secondary N) is 1. The van der Waals surface area contributed by atoms with E-state index in [2.05, 4.69) is 92.1 Å². The molecule has 72 heavy (non-hydrogen) atoms. The van der Waals surface area contributed by atoms with E-state index in [0.29, 0.717) is 17.4 Å². The van der Waals surface area contributed by atoms with Crippen LogP contribution in [0, 0.1) is 0 Å². The number of quaternary nitrogens is 1. The van der Waals surface area contributed by atoms with Gasteiger partial charge in [-0.1, -0.05) is 259 Å². The first-order valence-electron chi connectivity index (χ1n) is 30.0. The van der Waals surface area contributed by atoms with Gasteiger partial charge < -0.3 is 19.8 Å². The minimum absolute atomic E-state index is 0.0552. The van der Waals surface area contributed by atoms with Crippen LogP contribution in [0.4, 0.5) is 0 Å². The Morgan fingerprint density at radius 3 is 1.28 bits per heavy atom. The van der Waals surface area contributed by atoms with E-state index in [-0.39, 0.29) is 19.1 Å². The number of phosphoric acid groups is 1. The number of nitrogens with zero attached hydrogens (tertiary/aromatic N) is 1. The highest BCUT2D eigenvalue weighted by Gasteiger charge is 2.27. The van der Waals surface area contributed by atoms with Gasteiger partial charge in [-0.15, -0.1) is 0 Å². The smallest absolute Gasteiger partial charge is 0.387 e. The Morgan fingerprint density at radius 2 is 0.847 bits per heavy atom. The van der Waals surface area contributed by atoms with Crippen LogP contribution in [0.15, 0.2) is 85.1 Å². The second-order valence-electron chi connectivity index (χ2n) is 21.3. The molecule has 3 unspecified atom stereocenters. The van der Waals surface area contributed by atoms with Crippen LogP contribution in [-0.4, -0.2) is 73.4 Å². The van der Waals surface area contributed by atoms with Crippen LogP contribution in [0.3, 0.4) is 0 Å². The molecule has 0 saturated carbocycles. The number of likely N-dealkylation sites (N-methyl/N-ethyl adjacent to an activating group) is 1. The summed E-state index contributed by atoms with van der Waals surface area (Å²) in [6.45, 7) is 4.66. The van der Waals surface area contributed by atoms with Crippen molar-refractivity contribution >= 4 is 13.7 Å². The first-order valence-corrected chi connectivity index (χ1v) is 31.5. The number of hydrogen-bond donors (Lipinski definition) is 3. The number of rotatable bonds is 54. The van der Waals surface area contributed by atoms with Crippen LogP contribution in [0.25, 0.3) is 0 Å². The van der Waals surface area contributed by atoms with Crippen LogP contribution >= 0.6 is 7.82 Å². The van der Waals surface area contributed by atoms with E-state index in [1.54, 1.807) is 6.08 Å². The van der Waals surface area contributed by atoms with E-state index in [4.69, 9.17) is 9.05 Å². The third kappa shape index (κ3) is 55.4. The summed E-state index contributed by atoms with van der Waals surface area (Å²) in [4.78, 5) is 23.2. The summed E-state index contributed by atoms with van der Waals surface area (Å²) in [5, 5.41) is 13.8. The summed E-state index contributed by atoms with van der Waals surface area (Å²) >= 11 is 0. The van der Waals surface area contributed by atoms with E-state index in [0.717, 1.165) is 70.6 Å². The Hall–Kier alpha value is -2.32. The van der Waals surface area contributed by atoms with E-state index < -0.39 is 20.0 Å². The molecule has 3 atom stereocenters. The van der Waals surface area contributed by atoms with Gasteiger partial charge in [0.15, 0.2) is 0 Å². The molecule has 0 aromatic heterocycles. The van der Waals surface area contributed by atoms with Gasteiger partial charge in [0.25, 0.3) is 0 Å². The third-order valence-corrected chi connectivity index (χ3v) is 14.1. The van der Waals surface area contributed by atoms with Gasteiger partial charge in [0.1, 0.15) is 13.2 Å². The lowest BCUT2D eigenvalue weighted by atomic mass is 10.0. The zero-order valence-electron chi connectivity index (χ0n) is 47.7. The fourth-order valence-corrected chi connectivity index (χ4v) is 9.17. The lowest BCUT2D eigenvalue weighted by molar-refractivity contribution is -0.870. The highest BCUT2D eigenvalue weighted by Crippen LogP contribution is 2.43. The quantitative estimate of drug-likeness (QED) is 0.0243. The molecule has 0 spiro atoms. The highest BCUT2D eigenvalue weighted by molar-refractivity contribution is 7.47. The van der Waals surface area contributed by atoms with Crippen molar-refractivity contribution in [3.05, 3.63) is 85.1 Å². The van der Waals surface area contributed by atoms with Crippen LogP contribution < -0.4 is 5.32 Å². The van der Waals surface area contributed by atoms with Crippen molar-refractivity contribution in [1.29, 1.82) is 0 Å². The van der Waals surface area contributed by atoms with Gasteiger partial charge in [-0.05, 0) is 77.0 Å². The predicted octanol–water partition coefficient (Wildman–Crippen LogP) is 18.4. The van der Waals surface area contributed by atoms with Crippen molar-refractivity contribution in [3.63, 3.8) is 0 Å². The van der Waals surface area contributed by atoms with Crippen molar-refractivity contribution in [2.75, 3.05) is 40.9 Å². The molecule has 9 heteroatoms. The summed E-state index contributed by atoms with van der Waals surface area (Å²) < 4.78 is 23.6. The highest BCUT2D eigenvalue weighted by atomic mass is 31.2. The fourth-order valence-electron chi connectivity index (χ4n) is 8.44. The number of unbranched alkanes of at least 4 members (excludes halogenated alkanes) is 29. The van der Waals surface area contributed by atoms with Crippen LogP contribution in [-0.2, 0) is 18.4 Å². The SMILES string of the molecule is CC/C=C\C/C=C\C/C=C\C/C=C\C/C=C\CCCCCCCCCCCCCCCCCCCCCCCCCC(=O)NC(COP(=O)(O)OCC[N+](C)(C)C)C(O)/C=C/CC/C=C/CCCCCCC. The molecule has 0 aromatic carbocycles. The first kappa shape index (κ1) is 69.7. The Labute approximate surface area is 446 Å². The van der Waals surface area contributed by atoms with Crippen molar-refractivity contribution in [1.82, 2.24) is 5.32 Å². The Balaban J connectivity index is 3.89. The molecular formula is C63H116N2O6P+. The molecule has 0 bridgehead atoms. The molecular weight excluding hydrogens is 912 g/mol. The van der Waals surface area contributed by atoms with Crippen LogP contribution in [0.2, 0.25) is 0 Å². The fraction of sp³-hybridized carbons (Fsp3) is 0.762. The molecule has 8 nitrogen and oxygen atoms in total. The second kappa shape index (κ2) is 53.5. The predicted molar refractivity (Wildman–Crippen MR) is 313 cm³/mol. The zero-order chi connectivity index (χ0) is 52.7. The van der Waals surface area contributed by atoms with E-state index in [1.807, 2.05) is 27.2 Å². The van der Waals surface area contributed by atoms with Crippen molar-refractivity contribution in [3.8, 4) is 0 Å². The monoisotopic (exact) mass is 1030 g/mol. The summed E-state index contributed by atoms with van der Waals surface area (Å²) in [5.74, 6) is -0.187. The lowest BCUT2D eigenvalue weighted by Crippen LogP contribution is -2.45. The maximum absolute atomic E-state index is 12.9. The van der Waals surface area contributed by atoms with Gasteiger partial charge in [0.05, 0.1) is 39.9 Å². The first-order chi connectivity index (χ1) is 35.0. The molecule has 0 heterocycles. The minimum atomic E-state index is -4.35. The summed E-state index contributed by atoms with van der Waals surface area (Å²) in [6, 6.07) is -0.863. The second-order valence-corrected chi connectivity index (χ2v) is 22.8. The van der Waals surface area contributed by atoms with Crippen LogP contribution in [0.1, 0.15) is 258 Å². The molecule has 418 valence electrons. The molecule has 0 aliphatic heterocycles. The Morgan fingerprint density at radius 1 is 0.486 bits per heavy atom. The van der Waals surface area contributed by atoms with Crippen LogP contribution in [0.5, 0.6) is 0 Å². The van der Waals surface area contributed by atoms with Gasteiger partial charge in [-0.2, -0.15) is 0 Å². The lowest BCUT2D eigenvalue weighted by Gasteiger charge is -2.25. The molecule has 0 radical (unpaired) electrons. The largest absolute Gasteiger partial charge is 0.472 e. The number of carbonyl (C=O) groups is 1. The molecule has 0 saturated heterocycles. The maximum atomic E-state index is 12.9. The number of hydrogen-bond acceptors (Lipinski definition) is 5. The van der Waals surface area contributed by atoms with Gasteiger partial charge in [0.2, 0.25) is 5.91 Å². The molecule has 0 aliphatic carbocycles. The van der Waals surface area contributed by atoms with Gasteiger partial charge in [-0.25, -0.2) is 4.57 Å². The number of aliphatic hydroxyl groups excluding tert-OH is 1. The molecule has 0 rings (SSSR count). The standard InChI is InChI=1S/C63H115N2O6P/c1-6-8-10-12-14-16-18-19-20-21-22-23-24-25-26-27-28-29-30-31-32-33-34-35-36-37-38-39-40-41-42-43-44-45-47-49-51-53-55-57-63(67)64-61(60-71-72(68,69)70-59-58-65(3,4)5)62(66)56-54-52-50-48-46-17-15-13-11-9-7-2/h8,10,14,16,19-20,22-23,25-26,46,48,54,56,61-62,66H,6-7,9,11-13,15,17-18,21,24,27-45,47,49-53,55,57-60H2,1-5H3,(H-,64,67,68,69)/p+1/b10-8-,16-14-,20-19-,23-22-,26-25-,48-46+,56-54+. The Bertz CT molecular complexity index is 1450. The molecule has 0 fully saturated rings. The normalized spacial score (nSPS) is 14.5. The Kier molecular flexibility index (Phi) is 51.8. The van der Waals surface area contributed by atoms with Crippen molar-refractivity contribution in [2.24, 2.45) is 0 Å². The number of amides is 1. The van der Waals surface area contributed by atoms with Gasteiger partial charge in [-0.3, -0.25) is 13.8 Å². The van der Waals surface area contributed by atoms with E-state index >= 15 is 0 Å². The van der Waals surface area contributed by atoms with Gasteiger partial charge in [0, 0.05) is 6.42 Å². The maximum Gasteiger partial charge on any atom is 0.472 e. The third-order valence-electron chi connectivity index (χ3n) is 13.1.